The Hall–Kier alpha value is -1.44. The number of carbonyl (C=O) groups excluding carboxylic acids is 1. The topological polar surface area (TPSA) is 69.7 Å². The molecular weight excluding hydrogens is 350 g/mol. The molecular formula is C19H29N3O3S. The van der Waals surface area contributed by atoms with E-state index in [1.165, 1.54) is 4.31 Å². The zero-order valence-electron chi connectivity index (χ0n) is 15.6. The quantitative estimate of drug-likeness (QED) is 0.781. The Balaban J connectivity index is 1.58. The molecule has 0 unspecified atom stereocenters. The third kappa shape index (κ3) is 4.45. The first-order chi connectivity index (χ1) is 12.4. The average molecular weight is 380 g/mol. The molecule has 1 atom stereocenters. The molecule has 1 amide bonds. The van der Waals surface area contributed by atoms with Crippen LogP contribution in [0.5, 0.6) is 0 Å². The molecule has 0 radical (unpaired) electrons. The molecule has 1 saturated carbocycles. The lowest BCUT2D eigenvalue weighted by Gasteiger charge is -2.36. The smallest absolute Gasteiger partial charge is 0.243 e. The highest BCUT2D eigenvalue weighted by Gasteiger charge is 2.33. The summed E-state index contributed by atoms with van der Waals surface area (Å²) < 4.78 is 27.2. The Morgan fingerprint density at radius 1 is 1.15 bits per heavy atom. The van der Waals surface area contributed by atoms with Gasteiger partial charge in [-0.2, -0.15) is 4.31 Å². The number of carbonyl (C=O) groups is 1. The van der Waals surface area contributed by atoms with Crippen LogP contribution in [-0.2, 0) is 21.2 Å². The lowest BCUT2D eigenvalue weighted by atomic mass is 10.1. The number of nitrogens with one attached hydrogen (secondary N) is 1. The summed E-state index contributed by atoms with van der Waals surface area (Å²) in [6.45, 7) is 5.99. The minimum Gasteiger partial charge on any atom is -0.352 e. The number of piperazine rings is 1. The summed E-state index contributed by atoms with van der Waals surface area (Å²) in [6, 6.07) is 7.35. The van der Waals surface area contributed by atoms with Crippen LogP contribution in [-0.4, -0.2) is 61.8 Å². The highest BCUT2D eigenvalue weighted by Crippen LogP contribution is 2.21. The Bertz CT molecular complexity index is 721. The molecule has 0 spiro atoms. The van der Waals surface area contributed by atoms with Crippen LogP contribution in [0.1, 0.15) is 38.7 Å². The van der Waals surface area contributed by atoms with Gasteiger partial charge in [0.1, 0.15) is 0 Å². The van der Waals surface area contributed by atoms with Crippen molar-refractivity contribution in [1.29, 1.82) is 0 Å². The van der Waals surface area contributed by atoms with Gasteiger partial charge in [0.15, 0.2) is 0 Å². The zero-order chi connectivity index (χ0) is 18.7. The van der Waals surface area contributed by atoms with Gasteiger partial charge < -0.3 is 5.32 Å². The van der Waals surface area contributed by atoms with Crippen molar-refractivity contribution < 1.29 is 13.2 Å². The maximum Gasteiger partial charge on any atom is 0.243 e. The molecule has 7 heteroatoms. The predicted molar refractivity (Wildman–Crippen MR) is 101 cm³/mol. The summed E-state index contributed by atoms with van der Waals surface area (Å²) in [5, 5.41) is 3.02. The molecule has 1 aromatic carbocycles. The van der Waals surface area contributed by atoms with Gasteiger partial charge >= 0.3 is 0 Å². The largest absolute Gasteiger partial charge is 0.352 e. The monoisotopic (exact) mass is 379 g/mol. The van der Waals surface area contributed by atoms with Crippen LogP contribution in [0.4, 0.5) is 0 Å². The van der Waals surface area contributed by atoms with Crippen molar-refractivity contribution in [2.24, 2.45) is 0 Å². The Kier molecular flexibility index (Phi) is 5.99. The molecule has 1 aliphatic carbocycles. The van der Waals surface area contributed by atoms with Crippen molar-refractivity contribution >= 4 is 15.9 Å². The van der Waals surface area contributed by atoms with Crippen molar-refractivity contribution in [3.63, 3.8) is 0 Å². The maximum absolute atomic E-state index is 12.8. The fourth-order valence-corrected chi connectivity index (χ4v) is 4.73. The second-order valence-electron chi connectivity index (χ2n) is 7.29. The van der Waals surface area contributed by atoms with Gasteiger partial charge in [0.25, 0.3) is 0 Å². The molecule has 6 nitrogen and oxygen atoms in total. The minimum atomic E-state index is -3.47. The molecule has 2 fully saturated rings. The van der Waals surface area contributed by atoms with Gasteiger partial charge in [-0.15, -0.1) is 0 Å². The number of sulfonamides is 1. The molecule has 26 heavy (non-hydrogen) atoms. The predicted octanol–water partition coefficient (Wildman–Crippen LogP) is 1.61. The van der Waals surface area contributed by atoms with Crippen LogP contribution in [0.15, 0.2) is 29.2 Å². The number of nitrogens with zero attached hydrogens (tertiary/aromatic N) is 2. The number of aryl methyl sites for hydroxylation is 1. The number of hydrogen-bond donors (Lipinski definition) is 1. The Morgan fingerprint density at radius 2 is 1.77 bits per heavy atom. The first-order valence-corrected chi connectivity index (χ1v) is 11.0. The number of benzene rings is 1. The van der Waals surface area contributed by atoms with E-state index >= 15 is 0 Å². The molecule has 1 heterocycles. The van der Waals surface area contributed by atoms with Crippen LogP contribution in [0, 0.1) is 0 Å². The van der Waals surface area contributed by atoms with Gasteiger partial charge in [-0.3, -0.25) is 9.69 Å². The van der Waals surface area contributed by atoms with Crippen LogP contribution < -0.4 is 5.32 Å². The van der Waals surface area contributed by atoms with E-state index in [4.69, 9.17) is 0 Å². The van der Waals surface area contributed by atoms with Crippen molar-refractivity contribution in [3.05, 3.63) is 29.8 Å². The van der Waals surface area contributed by atoms with E-state index in [-0.39, 0.29) is 11.9 Å². The molecule has 1 saturated heterocycles. The van der Waals surface area contributed by atoms with Crippen molar-refractivity contribution in [2.45, 2.75) is 56.5 Å². The van der Waals surface area contributed by atoms with Crippen LogP contribution >= 0.6 is 0 Å². The lowest BCUT2D eigenvalue weighted by molar-refractivity contribution is -0.126. The minimum absolute atomic E-state index is 0.0512. The van der Waals surface area contributed by atoms with Crippen LogP contribution in [0.2, 0.25) is 0 Å². The highest BCUT2D eigenvalue weighted by molar-refractivity contribution is 7.89. The van der Waals surface area contributed by atoms with Gasteiger partial charge in [0.2, 0.25) is 15.9 Å². The fraction of sp³-hybridized carbons (Fsp3) is 0.632. The third-order valence-corrected chi connectivity index (χ3v) is 7.14. The van der Waals surface area contributed by atoms with E-state index in [9.17, 15) is 13.2 Å². The fourth-order valence-electron chi connectivity index (χ4n) is 3.31. The molecule has 0 aromatic heterocycles. The van der Waals surface area contributed by atoms with Crippen LogP contribution in [0.3, 0.4) is 0 Å². The van der Waals surface area contributed by atoms with Gasteiger partial charge in [-0.1, -0.05) is 25.5 Å². The standard InChI is InChI=1S/C19H29N3O3S/c1-3-4-16-5-9-18(10-6-16)26(24,25)22-13-11-21(12-14-22)15(2)19(23)20-17-7-8-17/h5-6,9-10,15,17H,3-4,7-8,11-14H2,1-2H3,(H,20,23)/t15-/m0/s1. The summed E-state index contributed by atoms with van der Waals surface area (Å²) in [6.07, 6.45) is 4.14. The maximum atomic E-state index is 12.8. The SMILES string of the molecule is CCCc1ccc(S(=O)(=O)N2CCN([C@@H](C)C(=O)NC3CC3)CC2)cc1. The first kappa shape index (κ1) is 19.3. The van der Waals surface area contributed by atoms with E-state index in [1.54, 1.807) is 12.1 Å². The molecule has 1 N–H and O–H groups in total. The van der Waals surface area contributed by atoms with E-state index in [0.717, 1.165) is 31.2 Å². The molecule has 144 valence electrons. The van der Waals surface area contributed by atoms with Gasteiger partial charge in [-0.25, -0.2) is 8.42 Å². The zero-order valence-corrected chi connectivity index (χ0v) is 16.5. The van der Waals surface area contributed by atoms with E-state index in [2.05, 4.69) is 17.1 Å². The summed E-state index contributed by atoms with van der Waals surface area (Å²) in [4.78, 5) is 14.6. The average Bonchev–Trinajstić information content (AvgIpc) is 3.46. The third-order valence-electron chi connectivity index (χ3n) is 5.22. The molecule has 3 rings (SSSR count). The number of hydrogen-bond acceptors (Lipinski definition) is 4. The second kappa shape index (κ2) is 8.06. The second-order valence-corrected chi connectivity index (χ2v) is 9.23. The Morgan fingerprint density at radius 3 is 2.31 bits per heavy atom. The molecule has 2 aliphatic rings. The highest BCUT2D eigenvalue weighted by atomic mass is 32.2. The van der Waals surface area contributed by atoms with Crippen LogP contribution in [0.25, 0.3) is 0 Å². The van der Waals surface area contributed by atoms with Crippen molar-refractivity contribution in [2.75, 3.05) is 26.2 Å². The molecule has 1 aromatic rings. The summed E-state index contributed by atoms with van der Waals surface area (Å²) in [7, 11) is -3.47. The van der Waals surface area contributed by atoms with E-state index in [1.807, 2.05) is 19.1 Å². The summed E-state index contributed by atoms with van der Waals surface area (Å²) >= 11 is 0. The van der Waals surface area contributed by atoms with Gasteiger partial charge in [0.05, 0.1) is 10.9 Å². The van der Waals surface area contributed by atoms with E-state index < -0.39 is 10.0 Å². The van der Waals surface area contributed by atoms with Gasteiger partial charge in [-0.05, 0) is 43.9 Å². The number of rotatable bonds is 7. The lowest BCUT2D eigenvalue weighted by Crippen LogP contribution is -2.55. The van der Waals surface area contributed by atoms with Crippen molar-refractivity contribution in [1.82, 2.24) is 14.5 Å². The number of amides is 1. The van der Waals surface area contributed by atoms with Crippen molar-refractivity contribution in [3.8, 4) is 0 Å². The summed E-state index contributed by atoms with van der Waals surface area (Å²) in [5.41, 5.74) is 1.16. The van der Waals surface area contributed by atoms with Gasteiger partial charge in [0, 0.05) is 32.2 Å². The first-order valence-electron chi connectivity index (χ1n) is 9.55. The molecule has 1 aliphatic heterocycles. The summed E-state index contributed by atoms with van der Waals surface area (Å²) in [5.74, 6) is 0.0512. The molecule has 0 bridgehead atoms. The Labute approximate surface area is 156 Å². The normalized spacial score (nSPS) is 20.7. The van der Waals surface area contributed by atoms with E-state index in [0.29, 0.717) is 37.1 Å².